The Bertz CT molecular complexity index is 2180. The van der Waals surface area contributed by atoms with Crippen molar-refractivity contribution in [1.82, 2.24) is 0 Å². The molecule has 0 saturated heterocycles. The van der Waals surface area contributed by atoms with Crippen LogP contribution in [0.3, 0.4) is 0 Å². The summed E-state index contributed by atoms with van der Waals surface area (Å²) < 4.78 is 0. The molecule has 0 radical (unpaired) electrons. The molecule has 1 nitrogen and oxygen atoms in total. The number of hydrogen-bond donors (Lipinski definition) is 0. The molecule has 0 saturated carbocycles. The molecule has 49 heavy (non-hydrogen) atoms. The Labute approximate surface area is 289 Å². The predicted molar refractivity (Wildman–Crippen MR) is 208 cm³/mol. The molecule has 8 aromatic carbocycles. The van der Waals surface area contributed by atoms with E-state index in [0.29, 0.717) is 0 Å². The van der Waals surface area contributed by atoms with Gasteiger partial charge in [-0.15, -0.1) is 0 Å². The zero-order valence-electron chi connectivity index (χ0n) is 27.2. The molecule has 8 rings (SSSR count). The van der Waals surface area contributed by atoms with Crippen LogP contribution in [0.25, 0.3) is 55.6 Å². The molecule has 0 N–H and O–H groups in total. The van der Waals surface area contributed by atoms with Crippen molar-refractivity contribution in [2.24, 2.45) is 0 Å². The molecule has 0 heterocycles. The van der Waals surface area contributed by atoms with Gasteiger partial charge in [-0.3, -0.25) is 0 Å². The number of hydrogen-bond acceptors (Lipinski definition) is 1. The largest absolute Gasteiger partial charge is 0.311 e. The normalized spacial score (nSPS) is 10.9. The van der Waals surface area contributed by atoms with Crippen LogP contribution < -0.4 is 4.90 Å². The molecule has 0 aliphatic heterocycles. The molecular weight excluding hydrogens is 591 g/mol. The number of benzene rings is 8. The van der Waals surface area contributed by atoms with E-state index < -0.39 is 0 Å². The topological polar surface area (TPSA) is 3.24 Å². The molecule has 0 atom stereocenters. The van der Waals surface area contributed by atoms with Crippen LogP contribution in [-0.4, -0.2) is 0 Å². The molecule has 0 spiro atoms. The molecule has 8 aromatic rings. The lowest BCUT2D eigenvalue weighted by Gasteiger charge is -2.26. The van der Waals surface area contributed by atoms with Crippen LogP contribution in [0.15, 0.2) is 212 Å². The lowest BCUT2D eigenvalue weighted by atomic mass is 9.87. The van der Waals surface area contributed by atoms with Crippen molar-refractivity contribution in [3.05, 3.63) is 212 Å². The average Bonchev–Trinajstić information content (AvgIpc) is 3.20. The van der Waals surface area contributed by atoms with Crippen molar-refractivity contribution in [2.75, 3.05) is 4.90 Å². The van der Waals surface area contributed by atoms with Gasteiger partial charge in [0, 0.05) is 17.1 Å². The van der Waals surface area contributed by atoms with Gasteiger partial charge in [-0.25, -0.2) is 0 Å². The van der Waals surface area contributed by atoms with Crippen molar-refractivity contribution in [3.63, 3.8) is 0 Å². The van der Waals surface area contributed by atoms with E-state index >= 15 is 0 Å². The fraction of sp³-hybridized carbons (Fsp3) is 0. The lowest BCUT2D eigenvalue weighted by molar-refractivity contribution is 1.28. The van der Waals surface area contributed by atoms with Gasteiger partial charge in [-0.2, -0.15) is 0 Å². The molecule has 0 amide bonds. The first kappa shape index (κ1) is 29.9. The number of anilines is 3. The highest BCUT2D eigenvalue weighted by atomic mass is 15.1. The molecule has 232 valence electrons. The van der Waals surface area contributed by atoms with Crippen LogP contribution in [0.4, 0.5) is 17.1 Å². The molecule has 0 fully saturated rings. The zero-order chi connectivity index (χ0) is 32.8. The summed E-state index contributed by atoms with van der Waals surface area (Å²) >= 11 is 0. The van der Waals surface area contributed by atoms with E-state index in [1.54, 1.807) is 0 Å². The average molecular weight is 626 g/mol. The Kier molecular flexibility index (Phi) is 8.39. The second kappa shape index (κ2) is 13.7. The minimum atomic E-state index is 1.10. The first-order valence-corrected chi connectivity index (χ1v) is 16.8. The maximum atomic E-state index is 2.34. The summed E-state index contributed by atoms with van der Waals surface area (Å²) in [7, 11) is 0. The van der Waals surface area contributed by atoms with Gasteiger partial charge in [0.15, 0.2) is 0 Å². The van der Waals surface area contributed by atoms with E-state index in [9.17, 15) is 0 Å². The van der Waals surface area contributed by atoms with Crippen molar-refractivity contribution >= 4 is 17.1 Å². The van der Waals surface area contributed by atoms with E-state index in [2.05, 4.69) is 217 Å². The van der Waals surface area contributed by atoms with Gasteiger partial charge in [0.1, 0.15) is 0 Å². The zero-order valence-corrected chi connectivity index (χ0v) is 27.2. The van der Waals surface area contributed by atoms with Gasteiger partial charge in [0.25, 0.3) is 0 Å². The van der Waals surface area contributed by atoms with Crippen LogP contribution in [0.2, 0.25) is 0 Å². The Morgan fingerprint density at radius 2 is 0.490 bits per heavy atom. The van der Waals surface area contributed by atoms with E-state index in [0.717, 1.165) is 17.1 Å². The SMILES string of the molecule is c1ccc(-c2ccc(N(c3ccc(-c4ccccc4)cc3)c3ccc(-c4cccc(-c5ccccc5)c4-c4ccccc4)cc3)cc2)cc1. The van der Waals surface area contributed by atoms with Gasteiger partial charge in [0.2, 0.25) is 0 Å². The Morgan fingerprint density at radius 3 is 0.878 bits per heavy atom. The predicted octanol–water partition coefficient (Wildman–Crippen LogP) is 13.5. The van der Waals surface area contributed by atoms with Crippen molar-refractivity contribution in [1.29, 1.82) is 0 Å². The molecule has 1 heteroatoms. The van der Waals surface area contributed by atoms with E-state index in [1.807, 2.05) is 0 Å². The quantitative estimate of drug-likeness (QED) is 0.162. The van der Waals surface area contributed by atoms with Crippen LogP contribution >= 0.6 is 0 Å². The molecule has 0 unspecified atom stereocenters. The van der Waals surface area contributed by atoms with E-state index in [4.69, 9.17) is 0 Å². The van der Waals surface area contributed by atoms with Crippen LogP contribution in [-0.2, 0) is 0 Å². The van der Waals surface area contributed by atoms with E-state index in [-0.39, 0.29) is 0 Å². The van der Waals surface area contributed by atoms with Gasteiger partial charge >= 0.3 is 0 Å². The van der Waals surface area contributed by atoms with Gasteiger partial charge < -0.3 is 4.90 Å². The van der Waals surface area contributed by atoms with Crippen molar-refractivity contribution < 1.29 is 0 Å². The van der Waals surface area contributed by atoms with E-state index in [1.165, 1.54) is 55.6 Å². The third-order valence-corrected chi connectivity index (χ3v) is 9.11. The molecule has 0 aliphatic rings. The Morgan fingerprint density at radius 1 is 0.204 bits per heavy atom. The molecule has 0 bridgehead atoms. The molecular formula is C48H35N. The summed E-state index contributed by atoms with van der Waals surface area (Å²) in [5, 5.41) is 0. The van der Waals surface area contributed by atoms with Crippen LogP contribution in [0, 0.1) is 0 Å². The highest BCUT2D eigenvalue weighted by molar-refractivity contribution is 5.95. The smallest absolute Gasteiger partial charge is 0.0462 e. The third-order valence-electron chi connectivity index (χ3n) is 9.11. The minimum Gasteiger partial charge on any atom is -0.311 e. The van der Waals surface area contributed by atoms with Gasteiger partial charge in [0.05, 0.1) is 0 Å². The number of rotatable bonds is 8. The summed E-state index contributed by atoms with van der Waals surface area (Å²) in [6.45, 7) is 0. The summed E-state index contributed by atoms with van der Waals surface area (Å²) in [5.74, 6) is 0. The summed E-state index contributed by atoms with van der Waals surface area (Å²) in [5.41, 5.74) is 15.4. The first-order valence-electron chi connectivity index (χ1n) is 16.8. The van der Waals surface area contributed by atoms with Crippen LogP contribution in [0.5, 0.6) is 0 Å². The standard InChI is InChI=1S/C48H35N/c1-5-14-36(15-6-1)38-24-30-43(31-25-38)49(44-32-26-39(27-33-44)37-16-7-2-8-17-37)45-34-28-41(29-35-45)47-23-13-22-46(40-18-9-3-10-19-40)48(47)42-20-11-4-12-21-42/h1-35H. The Hall–Kier alpha value is -6.44. The van der Waals surface area contributed by atoms with Crippen LogP contribution in [0.1, 0.15) is 0 Å². The maximum absolute atomic E-state index is 2.34. The Balaban J connectivity index is 1.21. The fourth-order valence-electron chi connectivity index (χ4n) is 6.67. The lowest BCUT2D eigenvalue weighted by Crippen LogP contribution is -2.09. The summed E-state index contributed by atoms with van der Waals surface area (Å²) in [6.07, 6.45) is 0. The monoisotopic (exact) mass is 625 g/mol. The fourth-order valence-corrected chi connectivity index (χ4v) is 6.67. The highest BCUT2D eigenvalue weighted by Gasteiger charge is 2.17. The molecule has 0 aromatic heterocycles. The highest BCUT2D eigenvalue weighted by Crippen LogP contribution is 2.42. The van der Waals surface area contributed by atoms with Crippen molar-refractivity contribution in [3.8, 4) is 55.6 Å². The second-order valence-electron chi connectivity index (χ2n) is 12.2. The number of nitrogens with zero attached hydrogens (tertiary/aromatic N) is 1. The van der Waals surface area contributed by atoms with Crippen molar-refractivity contribution in [2.45, 2.75) is 0 Å². The second-order valence-corrected chi connectivity index (χ2v) is 12.2. The first-order chi connectivity index (χ1) is 24.3. The molecule has 0 aliphatic carbocycles. The van der Waals surface area contributed by atoms with Gasteiger partial charge in [-0.1, -0.05) is 176 Å². The van der Waals surface area contributed by atoms with Gasteiger partial charge in [-0.05, 0) is 92.0 Å². The summed E-state index contributed by atoms with van der Waals surface area (Å²) in [4.78, 5) is 2.34. The third kappa shape index (κ3) is 6.31. The summed E-state index contributed by atoms with van der Waals surface area (Å²) in [6, 6.07) is 75.9. The minimum absolute atomic E-state index is 1.10. The maximum Gasteiger partial charge on any atom is 0.0462 e.